The first-order valence-electron chi connectivity index (χ1n) is 6.16. The van der Waals surface area contributed by atoms with Crippen LogP contribution in [0.1, 0.15) is 17.3 Å². The van der Waals surface area contributed by atoms with Gasteiger partial charge in [-0.2, -0.15) is 0 Å². The van der Waals surface area contributed by atoms with E-state index in [0.717, 1.165) is 11.4 Å². The van der Waals surface area contributed by atoms with E-state index in [-0.39, 0.29) is 5.78 Å². The monoisotopic (exact) mass is 253 g/mol. The maximum atomic E-state index is 11.9. The lowest BCUT2D eigenvalue weighted by molar-refractivity contribution is 0.107. The molecule has 0 aliphatic heterocycles. The average Bonchev–Trinajstić information content (AvgIpc) is 2.47. The zero-order valence-corrected chi connectivity index (χ0v) is 10.7. The van der Waals surface area contributed by atoms with Gasteiger partial charge >= 0.3 is 0 Å². The second-order valence-electron chi connectivity index (χ2n) is 3.92. The molecule has 0 aromatic heterocycles. The molecule has 0 atom stereocenters. The van der Waals surface area contributed by atoms with Crippen LogP contribution in [0.25, 0.3) is 0 Å². The highest BCUT2D eigenvalue weighted by Crippen LogP contribution is 2.13. The first kappa shape index (κ1) is 13.0. The van der Waals surface area contributed by atoms with Gasteiger partial charge in [-0.25, -0.2) is 0 Å². The molecule has 0 saturated carbocycles. The van der Waals surface area contributed by atoms with Crippen LogP contribution >= 0.6 is 0 Å². The standard InChI is InChI=1S/C16H15NO2/c1-2-19-15-10-8-13(9-11-15)16(18)12-17-14-6-4-3-5-7-14/h3-12H,2H2,1H3. The van der Waals surface area contributed by atoms with Crippen molar-refractivity contribution in [2.45, 2.75) is 6.92 Å². The quantitative estimate of drug-likeness (QED) is 0.602. The molecule has 3 heteroatoms. The molecule has 0 N–H and O–H groups in total. The lowest BCUT2D eigenvalue weighted by atomic mass is 10.1. The summed E-state index contributed by atoms with van der Waals surface area (Å²) in [5.41, 5.74) is 1.37. The van der Waals surface area contributed by atoms with E-state index < -0.39 is 0 Å². The molecule has 96 valence electrons. The second-order valence-corrected chi connectivity index (χ2v) is 3.92. The third-order valence-corrected chi connectivity index (χ3v) is 2.54. The van der Waals surface area contributed by atoms with Crippen LogP contribution in [0.15, 0.2) is 59.6 Å². The van der Waals surface area contributed by atoms with Gasteiger partial charge < -0.3 is 4.74 Å². The number of ether oxygens (including phenoxy) is 1. The maximum absolute atomic E-state index is 11.9. The van der Waals surface area contributed by atoms with Crippen molar-refractivity contribution in [1.29, 1.82) is 0 Å². The van der Waals surface area contributed by atoms with Gasteiger partial charge in [-0.3, -0.25) is 9.79 Å². The summed E-state index contributed by atoms with van der Waals surface area (Å²) in [7, 11) is 0. The summed E-state index contributed by atoms with van der Waals surface area (Å²) in [5, 5.41) is 0. The van der Waals surface area contributed by atoms with Crippen LogP contribution in [0.4, 0.5) is 5.69 Å². The molecule has 0 fully saturated rings. The lowest BCUT2D eigenvalue weighted by Crippen LogP contribution is -2.00. The van der Waals surface area contributed by atoms with Gasteiger partial charge in [-0.1, -0.05) is 18.2 Å². The molecular weight excluding hydrogens is 238 g/mol. The molecule has 0 saturated heterocycles. The van der Waals surface area contributed by atoms with E-state index in [1.165, 1.54) is 6.21 Å². The molecule has 3 nitrogen and oxygen atoms in total. The van der Waals surface area contributed by atoms with Crippen molar-refractivity contribution in [1.82, 2.24) is 0 Å². The SMILES string of the molecule is CCOc1ccc(C(=O)C=Nc2ccccc2)cc1. The minimum atomic E-state index is -0.119. The molecule has 2 aromatic rings. The van der Waals surface area contributed by atoms with E-state index in [9.17, 15) is 4.79 Å². The Labute approximate surface area is 112 Å². The summed E-state index contributed by atoms with van der Waals surface area (Å²) < 4.78 is 5.32. The Hall–Kier alpha value is -2.42. The molecule has 19 heavy (non-hydrogen) atoms. The van der Waals surface area contributed by atoms with Crippen LogP contribution in [-0.4, -0.2) is 18.6 Å². The van der Waals surface area contributed by atoms with Crippen molar-refractivity contribution in [3.05, 3.63) is 60.2 Å². The molecule has 0 aliphatic rings. The number of hydrogen-bond acceptors (Lipinski definition) is 3. The molecule has 0 unspecified atom stereocenters. The Balaban J connectivity index is 2.05. The van der Waals surface area contributed by atoms with E-state index in [1.807, 2.05) is 37.3 Å². The van der Waals surface area contributed by atoms with Crippen molar-refractivity contribution >= 4 is 17.7 Å². The number of para-hydroxylation sites is 1. The van der Waals surface area contributed by atoms with Crippen LogP contribution in [0, 0.1) is 0 Å². The Morgan fingerprint density at radius 2 is 1.79 bits per heavy atom. The Morgan fingerprint density at radius 3 is 2.42 bits per heavy atom. The van der Waals surface area contributed by atoms with Gasteiger partial charge in [-0.05, 0) is 43.3 Å². The van der Waals surface area contributed by atoms with E-state index >= 15 is 0 Å². The molecule has 2 aromatic carbocycles. The zero-order chi connectivity index (χ0) is 13.5. The normalized spacial score (nSPS) is 10.6. The highest BCUT2D eigenvalue weighted by molar-refractivity contribution is 6.35. The summed E-state index contributed by atoms with van der Waals surface area (Å²) >= 11 is 0. The number of ketones is 1. The van der Waals surface area contributed by atoms with Crippen molar-refractivity contribution in [2.24, 2.45) is 4.99 Å². The smallest absolute Gasteiger partial charge is 0.204 e. The van der Waals surface area contributed by atoms with Crippen molar-refractivity contribution in [3.8, 4) is 5.75 Å². The molecule has 0 spiro atoms. The Kier molecular flexibility index (Phi) is 4.45. The number of carbonyl (C=O) groups excluding carboxylic acids is 1. The molecule has 0 bridgehead atoms. The highest BCUT2D eigenvalue weighted by atomic mass is 16.5. The number of aliphatic imine (C=N–C) groups is 1. The van der Waals surface area contributed by atoms with Gasteiger partial charge in [0.05, 0.1) is 18.5 Å². The largest absolute Gasteiger partial charge is 0.494 e. The van der Waals surface area contributed by atoms with Crippen LogP contribution in [0.3, 0.4) is 0 Å². The summed E-state index contributed by atoms with van der Waals surface area (Å²) in [6.07, 6.45) is 1.34. The topological polar surface area (TPSA) is 38.7 Å². The molecule has 0 radical (unpaired) electrons. The van der Waals surface area contributed by atoms with Gasteiger partial charge in [0.2, 0.25) is 5.78 Å². The maximum Gasteiger partial charge on any atom is 0.204 e. The zero-order valence-electron chi connectivity index (χ0n) is 10.7. The van der Waals surface area contributed by atoms with Gasteiger partial charge in [-0.15, -0.1) is 0 Å². The molecule has 0 amide bonds. The van der Waals surface area contributed by atoms with Crippen LogP contribution in [0.5, 0.6) is 5.75 Å². The van der Waals surface area contributed by atoms with E-state index in [2.05, 4.69) is 4.99 Å². The van der Waals surface area contributed by atoms with Crippen LogP contribution in [0.2, 0.25) is 0 Å². The summed E-state index contributed by atoms with van der Waals surface area (Å²) in [6.45, 7) is 2.54. The minimum Gasteiger partial charge on any atom is -0.494 e. The summed E-state index contributed by atoms with van der Waals surface area (Å²) in [6, 6.07) is 16.4. The van der Waals surface area contributed by atoms with Gasteiger partial charge in [0.15, 0.2) is 0 Å². The van der Waals surface area contributed by atoms with Crippen molar-refractivity contribution in [3.63, 3.8) is 0 Å². The Morgan fingerprint density at radius 1 is 1.11 bits per heavy atom. The predicted octanol–water partition coefficient (Wildman–Crippen LogP) is 3.67. The third-order valence-electron chi connectivity index (χ3n) is 2.54. The summed E-state index contributed by atoms with van der Waals surface area (Å²) in [4.78, 5) is 16.0. The molecular formula is C16H15NO2. The van der Waals surface area contributed by atoms with Crippen molar-refractivity contribution < 1.29 is 9.53 Å². The first-order chi connectivity index (χ1) is 9.29. The van der Waals surface area contributed by atoms with Gasteiger partial charge in [0, 0.05) is 5.56 Å². The number of benzene rings is 2. The number of rotatable bonds is 5. The van der Waals surface area contributed by atoms with E-state index in [0.29, 0.717) is 12.2 Å². The fourth-order valence-electron chi connectivity index (χ4n) is 1.60. The summed E-state index contributed by atoms with van der Waals surface area (Å²) in [5.74, 6) is 0.644. The Bertz CT molecular complexity index is 559. The number of Topliss-reactive ketones (excluding diaryl/α,β-unsaturated/α-hetero) is 1. The highest BCUT2D eigenvalue weighted by Gasteiger charge is 2.02. The van der Waals surface area contributed by atoms with E-state index in [1.54, 1.807) is 24.3 Å². The van der Waals surface area contributed by atoms with Gasteiger partial charge in [0.25, 0.3) is 0 Å². The van der Waals surface area contributed by atoms with Crippen LogP contribution in [-0.2, 0) is 0 Å². The molecule has 2 rings (SSSR count). The third kappa shape index (κ3) is 3.78. The predicted molar refractivity (Wildman–Crippen MR) is 76.5 cm³/mol. The lowest BCUT2D eigenvalue weighted by Gasteiger charge is -2.02. The first-order valence-corrected chi connectivity index (χ1v) is 6.16. The fourth-order valence-corrected chi connectivity index (χ4v) is 1.60. The molecule has 0 heterocycles. The van der Waals surface area contributed by atoms with Crippen LogP contribution < -0.4 is 4.74 Å². The second kappa shape index (κ2) is 6.50. The van der Waals surface area contributed by atoms with Crippen molar-refractivity contribution in [2.75, 3.05) is 6.61 Å². The molecule has 0 aliphatic carbocycles. The number of hydrogen-bond donors (Lipinski definition) is 0. The fraction of sp³-hybridized carbons (Fsp3) is 0.125. The van der Waals surface area contributed by atoms with E-state index in [4.69, 9.17) is 4.74 Å². The average molecular weight is 253 g/mol. The van der Waals surface area contributed by atoms with Gasteiger partial charge in [0.1, 0.15) is 5.75 Å². The minimum absolute atomic E-state index is 0.119. The number of nitrogens with zero attached hydrogens (tertiary/aromatic N) is 1. The number of carbonyl (C=O) groups is 1.